The van der Waals surface area contributed by atoms with E-state index in [2.05, 4.69) is 79.2 Å². The number of carbonyl (C=O) groups excluding carboxylic acids is 1. The highest BCUT2D eigenvalue weighted by Crippen LogP contribution is 2.54. The zero-order chi connectivity index (χ0) is 27.9. The van der Waals surface area contributed by atoms with Crippen LogP contribution in [0, 0.1) is 5.92 Å². The molecule has 1 amide bonds. The monoisotopic (exact) mass is 534 g/mol. The first kappa shape index (κ1) is 29.6. The van der Waals surface area contributed by atoms with Gasteiger partial charge in [-0.25, -0.2) is 0 Å². The summed E-state index contributed by atoms with van der Waals surface area (Å²) in [6, 6.07) is 19.5. The Morgan fingerprint density at radius 1 is 1.05 bits per heavy atom. The zero-order valence-electron chi connectivity index (χ0n) is 25.0. The van der Waals surface area contributed by atoms with Crippen LogP contribution in [0.1, 0.15) is 76.3 Å². The molecular formula is C34H50N2O3. The summed E-state index contributed by atoms with van der Waals surface area (Å²) in [5.41, 5.74) is 2.25. The van der Waals surface area contributed by atoms with Crippen LogP contribution >= 0.6 is 0 Å². The summed E-state index contributed by atoms with van der Waals surface area (Å²) >= 11 is 0. The van der Waals surface area contributed by atoms with E-state index < -0.39 is 0 Å². The van der Waals surface area contributed by atoms with E-state index in [1.807, 2.05) is 13.2 Å². The van der Waals surface area contributed by atoms with E-state index in [-0.39, 0.29) is 17.1 Å². The number of likely N-dealkylation sites (tertiary alicyclic amines) is 1. The van der Waals surface area contributed by atoms with Gasteiger partial charge in [-0.3, -0.25) is 4.79 Å². The molecule has 1 saturated heterocycles. The standard InChI is InChI=1S/C34H50N2O3/c1-27(2)25-36(32(37)18-11-7-10-15-28-13-8-6-9-14-28)30-19-20-34(39-5)26-35(3)22-21-33(34,24-30)29-16-12-17-31(23-29)38-4/h6,8-9,12-14,16-17,23,27,30H,7,10-11,15,18-22,24-26H2,1-5H3/t30-,33-,34-/m0/s1. The van der Waals surface area contributed by atoms with Gasteiger partial charge in [0.2, 0.25) is 5.91 Å². The van der Waals surface area contributed by atoms with Crippen molar-refractivity contribution in [3.8, 4) is 5.75 Å². The maximum Gasteiger partial charge on any atom is 0.222 e. The molecule has 0 spiro atoms. The first-order valence-corrected chi connectivity index (χ1v) is 15.0. The third-order valence-corrected chi connectivity index (χ3v) is 9.32. The average Bonchev–Trinajstić information content (AvgIpc) is 2.95. The Hall–Kier alpha value is -2.37. The zero-order valence-corrected chi connectivity index (χ0v) is 25.0. The fraction of sp³-hybridized carbons (Fsp3) is 0.618. The van der Waals surface area contributed by atoms with E-state index in [1.165, 1.54) is 11.1 Å². The number of methoxy groups -OCH3 is 2. The molecule has 5 nitrogen and oxygen atoms in total. The van der Waals surface area contributed by atoms with Crippen LogP contribution in [0.5, 0.6) is 5.75 Å². The molecule has 2 aromatic rings. The highest BCUT2D eigenvalue weighted by Gasteiger charge is 2.59. The number of piperidine rings is 1. The molecule has 1 heterocycles. The van der Waals surface area contributed by atoms with Crippen molar-refractivity contribution in [3.63, 3.8) is 0 Å². The van der Waals surface area contributed by atoms with Gasteiger partial charge in [0.05, 0.1) is 12.7 Å². The maximum absolute atomic E-state index is 13.8. The number of benzene rings is 2. The molecule has 0 unspecified atom stereocenters. The molecule has 1 aliphatic carbocycles. The van der Waals surface area contributed by atoms with Crippen LogP contribution in [0.2, 0.25) is 0 Å². The predicted octanol–water partition coefficient (Wildman–Crippen LogP) is 6.49. The molecule has 5 heteroatoms. The van der Waals surface area contributed by atoms with E-state index in [4.69, 9.17) is 9.47 Å². The average molecular weight is 535 g/mol. The van der Waals surface area contributed by atoms with Gasteiger partial charge in [0.1, 0.15) is 5.75 Å². The van der Waals surface area contributed by atoms with Crippen molar-refractivity contribution < 1.29 is 14.3 Å². The molecule has 1 aliphatic heterocycles. The largest absolute Gasteiger partial charge is 0.497 e. The van der Waals surface area contributed by atoms with Gasteiger partial charge in [-0.15, -0.1) is 0 Å². The molecule has 2 aliphatic rings. The smallest absolute Gasteiger partial charge is 0.222 e. The van der Waals surface area contributed by atoms with Crippen molar-refractivity contribution >= 4 is 5.91 Å². The molecular weight excluding hydrogens is 484 g/mol. The van der Waals surface area contributed by atoms with Gasteiger partial charge < -0.3 is 19.3 Å². The first-order valence-electron chi connectivity index (χ1n) is 15.0. The van der Waals surface area contributed by atoms with Gasteiger partial charge >= 0.3 is 0 Å². The van der Waals surface area contributed by atoms with Crippen LogP contribution in [0.4, 0.5) is 0 Å². The van der Waals surface area contributed by atoms with Crippen LogP contribution in [-0.2, 0) is 21.4 Å². The third-order valence-electron chi connectivity index (χ3n) is 9.32. The van der Waals surface area contributed by atoms with Crippen LogP contribution in [0.3, 0.4) is 0 Å². The Labute approximate surface area is 236 Å². The number of nitrogens with zero attached hydrogens (tertiary/aromatic N) is 2. The van der Waals surface area contributed by atoms with Gasteiger partial charge in [0.25, 0.3) is 0 Å². The summed E-state index contributed by atoms with van der Waals surface area (Å²) in [7, 11) is 5.83. The van der Waals surface area contributed by atoms with E-state index in [0.717, 1.165) is 76.8 Å². The maximum atomic E-state index is 13.8. The van der Waals surface area contributed by atoms with Crippen LogP contribution in [-0.4, -0.2) is 68.3 Å². The van der Waals surface area contributed by atoms with Crippen molar-refractivity contribution in [2.75, 3.05) is 40.9 Å². The van der Waals surface area contributed by atoms with Gasteiger partial charge in [0.15, 0.2) is 0 Å². The Balaban J connectivity index is 1.51. The normalized spacial score (nSPS) is 25.3. The van der Waals surface area contributed by atoms with E-state index in [1.54, 1.807) is 7.11 Å². The number of amides is 1. The molecule has 39 heavy (non-hydrogen) atoms. The number of fused-ring (bicyclic) bond motifs is 1. The van der Waals surface area contributed by atoms with Crippen LogP contribution in [0.15, 0.2) is 54.6 Å². The lowest BCUT2D eigenvalue weighted by atomic mass is 9.55. The van der Waals surface area contributed by atoms with Crippen molar-refractivity contribution in [2.24, 2.45) is 5.92 Å². The minimum absolute atomic E-state index is 0.156. The fourth-order valence-electron chi connectivity index (χ4n) is 7.28. The molecule has 0 aromatic heterocycles. The SMILES string of the molecule is COc1cccc([C@@]23CCN(C)C[C@@]2(OC)CC[C@H](N(CC(C)C)C(=O)CCCCCc2ccccc2)C3)c1. The number of ether oxygens (including phenoxy) is 2. The first-order chi connectivity index (χ1) is 18.8. The number of hydrogen-bond donors (Lipinski definition) is 0. The van der Waals surface area contributed by atoms with Gasteiger partial charge in [-0.05, 0) is 87.7 Å². The summed E-state index contributed by atoms with van der Waals surface area (Å²) in [5.74, 6) is 1.65. The van der Waals surface area contributed by atoms with Crippen molar-refractivity contribution in [1.82, 2.24) is 9.80 Å². The molecule has 3 atom stereocenters. The van der Waals surface area contributed by atoms with Crippen molar-refractivity contribution in [2.45, 2.75) is 88.7 Å². The summed E-state index contributed by atoms with van der Waals surface area (Å²) in [6.07, 6.45) is 8.81. The Bertz CT molecular complexity index is 1060. The molecule has 1 saturated carbocycles. The summed E-state index contributed by atoms with van der Waals surface area (Å²) in [6.45, 7) is 7.22. The molecule has 2 aromatic carbocycles. The Morgan fingerprint density at radius 2 is 1.85 bits per heavy atom. The Morgan fingerprint density at radius 3 is 2.56 bits per heavy atom. The van der Waals surface area contributed by atoms with Gasteiger partial charge in [-0.1, -0.05) is 62.7 Å². The molecule has 0 radical (unpaired) electrons. The second kappa shape index (κ2) is 13.3. The second-order valence-electron chi connectivity index (χ2n) is 12.4. The lowest BCUT2D eigenvalue weighted by Gasteiger charge is -2.60. The summed E-state index contributed by atoms with van der Waals surface area (Å²) in [4.78, 5) is 18.4. The number of rotatable bonds is 12. The van der Waals surface area contributed by atoms with E-state index in [9.17, 15) is 4.79 Å². The highest BCUT2D eigenvalue weighted by molar-refractivity contribution is 5.76. The summed E-state index contributed by atoms with van der Waals surface area (Å²) < 4.78 is 12.1. The van der Waals surface area contributed by atoms with Crippen LogP contribution in [0.25, 0.3) is 0 Å². The third kappa shape index (κ3) is 6.69. The Kier molecular flexibility index (Phi) is 10.1. The lowest BCUT2D eigenvalue weighted by molar-refractivity contribution is -0.160. The molecule has 4 rings (SSSR count). The van der Waals surface area contributed by atoms with E-state index in [0.29, 0.717) is 18.2 Å². The lowest BCUT2D eigenvalue weighted by Crippen LogP contribution is -2.67. The molecule has 2 fully saturated rings. The highest BCUT2D eigenvalue weighted by atomic mass is 16.5. The number of hydrogen-bond acceptors (Lipinski definition) is 4. The quantitative estimate of drug-likeness (QED) is 0.292. The minimum Gasteiger partial charge on any atom is -0.497 e. The van der Waals surface area contributed by atoms with Gasteiger partial charge in [0, 0.05) is 38.1 Å². The summed E-state index contributed by atoms with van der Waals surface area (Å²) in [5, 5.41) is 0. The number of aryl methyl sites for hydroxylation is 1. The van der Waals surface area contributed by atoms with Gasteiger partial charge in [-0.2, -0.15) is 0 Å². The van der Waals surface area contributed by atoms with Crippen molar-refractivity contribution in [1.29, 1.82) is 0 Å². The fourth-order valence-corrected chi connectivity index (χ4v) is 7.28. The molecule has 0 bridgehead atoms. The van der Waals surface area contributed by atoms with Crippen LogP contribution < -0.4 is 4.74 Å². The minimum atomic E-state index is -0.271. The predicted molar refractivity (Wildman–Crippen MR) is 159 cm³/mol. The topological polar surface area (TPSA) is 42.0 Å². The number of carbonyl (C=O) groups is 1. The second-order valence-corrected chi connectivity index (χ2v) is 12.4. The molecule has 214 valence electrons. The molecule has 0 N–H and O–H groups in total. The van der Waals surface area contributed by atoms with Crippen molar-refractivity contribution in [3.05, 3.63) is 65.7 Å². The number of likely N-dealkylation sites (N-methyl/N-ethyl adjacent to an activating group) is 1. The van der Waals surface area contributed by atoms with E-state index >= 15 is 0 Å². The number of unbranched alkanes of at least 4 members (excludes halogenated alkanes) is 2.